The summed E-state index contributed by atoms with van der Waals surface area (Å²) in [5.74, 6) is 1.22. The van der Waals surface area contributed by atoms with Crippen LogP contribution in [0.2, 0.25) is 0 Å². The summed E-state index contributed by atoms with van der Waals surface area (Å²) < 4.78 is 5.48. The van der Waals surface area contributed by atoms with Crippen molar-refractivity contribution in [2.24, 2.45) is 0 Å². The topological polar surface area (TPSA) is 72.8 Å². The minimum absolute atomic E-state index is 0.374. The Labute approximate surface area is 116 Å². The summed E-state index contributed by atoms with van der Waals surface area (Å²) in [5, 5.41) is 6.01. The van der Waals surface area contributed by atoms with Gasteiger partial charge in [0.25, 0.3) is 0 Å². The smallest absolute Gasteiger partial charge is 0.321 e. The Morgan fingerprint density at radius 2 is 2.16 bits per heavy atom. The van der Waals surface area contributed by atoms with Crippen molar-refractivity contribution in [3.8, 4) is 6.01 Å². The van der Waals surface area contributed by atoms with Crippen LogP contribution in [0, 0.1) is 0 Å². The van der Waals surface area contributed by atoms with E-state index in [1.165, 1.54) is 0 Å². The van der Waals surface area contributed by atoms with E-state index in [-0.39, 0.29) is 0 Å². The normalized spacial score (nSPS) is 10.4. The lowest BCUT2D eigenvalue weighted by Crippen LogP contribution is -2.10. The van der Waals surface area contributed by atoms with Gasteiger partial charge < -0.3 is 10.1 Å². The second-order valence-corrected chi connectivity index (χ2v) is 4.82. The fourth-order valence-electron chi connectivity index (χ4n) is 1.45. The van der Waals surface area contributed by atoms with Gasteiger partial charge in [-0.25, -0.2) is 4.98 Å². The van der Waals surface area contributed by atoms with Crippen molar-refractivity contribution < 1.29 is 4.74 Å². The molecule has 0 fully saturated rings. The summed E-state index contributed by atoms with van der Waals surface area (Å²) in [6.07, 6.45) is 3.30. The summed E-state index contributed by atoms with van der Waals surface area (Å²) >= 11 is 1.59. The molecule has 0 saturated carbocycles. The summed E-state index contributed by atoms with van der Waals surface area (Å²) in [5.41, 5.74) is 0. The molecule has 2 heterocycles. The van der Waals surface area contributed by atoms with Crippen molar-refractivity contribution in [3.05, 3.63) is 22.4 Å². The lowest BCUT2D eigenvalue weighted by molar-refractivity contribution is 0.290. The molecule has 0 saturated heterocycles. The molecule has 0 aliphatic heterocycles. The molecule has 2 aromatic heterocycles. The Balaban J connectivity index is 2.17. The van der Waals surface area contributed by atoms with Gasteiger partial charge in [-0.1, -0.05) is 6.92 Å². The number of ether oxygens (including phenoxy) is 1. The molecular weight excluding hydrogens is 262 g/mol. The monoisotopic (exact) mass is 279 g/mol. The Bertz CT molecular complexity index is 503. The zero-order valence-corrected chi connectivity index (χ0v) is 11.9. The molecule has 0 spiro atoms. The third-order valence-corrected chi connectivity index (χ3v) is 3.00. The van der Waals surface area contributed by atoms with Gasteiger partial charge >= 0.3 is 6.01 Å². The number of anilines is 1. The minimum atomic E-state index is 0.374. The fourth-order valence-corrected chi connectivity index (χ4v) is 2.06. The van der Waals surface area contributed by atoms with E-state index >= 15 is 0 Å². The van der Waals surface area contributed by atoms with Crippen LogP contribution in [0.15, 0.2) is 11.6 Å². The van der Waals surface area contributed by atoms with Crippen LogP contribution in [-0.4, -0.2) is 33.1 Å². The van der Waals surface area contributed by atoms with Gasteiger partial charge in [-0.15, -0.1) is 11.3 Å². The fraction of sp³-hybridized carbons (Fsp3) is 0.500. The highest BCUT2D eigenvalue weighted by atomic mass is 32.1. The average Bonchev–Trinajstić information content (AvgIpc) is 2.89. The number of nitrogens with zero attached hydrogens (tertiary/aromatic N) is 4. The lowest BCUT2D eigenvalue weighted by Gasteiger charge is -2.07. The first-order valence-corrected chi connectivity index (χ1v) is 7.19. The van der Waals surface area contributed by atoms with Crippen molar-refractivity contribution in [1.82, 2.24) is 19.9 Å². The predicted molar refractivity (Wildman–Crippen MR) is 74.7 cm³/mol. The molecule has 2 rings (SSSR count). The maximum atomic E-state index is 5.48. The van der Waals surface area contributed by atoms with Crippen molar-refractivity contribution in [2.45, 2.75) is 26.7 Å². The van der Waals surface area contributed by atoms with E-state index in [2.05, 4.69) is 25.3 Å². The molecule has 1 N–H and O–H groups in total. The molecule has 0 bridgehead atoms. The van der Waals surface area contributed by atoms with Gasteiger partial charge in [-0.2, -0.15) is 15.0 Å². The molecule has 0 aliphatic rings. The minimum Gasteiger partial charge on any atom is -0.463 e. The van der Waals surface area contributed by atoms with Gasteiger partial charge in [0.05, 0.1) is 13.0 Å². The largest absolute Gasteiger partial charge is 0.463 e. The number of nitrogens with one attached hydrogen (secondary N) is 1. The first-order valence-electron chi connectivity index (χ1n) is 6.31. The van der Waals surface area contributed by atoms with Gasteiger partial charge in [0.1, 0.15) is 10.8 Å². The van der Waals surface area contributed by atoms with Gasteiger partial charge in [0.15, 0.2) is 0 Å². The number of hydrogen-bond donors (Lipinski definition) is 1. The Morgan fingerprint density at radius 1 is 1.26 bits per heavy atom. The van der Waals surface area contributed by atoms with Crippen LogP contribution in [0.1, 0.15) is 31.1 Å². The first kappa shape index (κ1) is 13.7. The Kier molecular flexibility index (Phi) is 5.02. The average molecular weight is 279 g/mol. The predicted octanol–water partition coefficient (Wildman–Crippen LogP) is 2.14. The highest BCUT2D eigenvalue weighted by Gasteiger charge is 2.09. The van der Waals surface area contributed by atoms with Gasteiger partial charge in [-0.05, 0) is 13.3 Å². The van der Waals surface area contributed by atoms with Crippen LogP contribution in [0.3, 0.4) is 0 Å². The first-order chi connectivity index (χ1) is 9.31. The van der Waals surface area contributed by atoms with E-state index in [1.807, 2.05) is 19.2 Å². The van der Waals surface area contributed by atoms with Gasteiger partial charge in [0.2, 0.25) is 5.95 Å². The number of thiazole rings is 1. The summed E-state index contributed by atoms with van der Waals surface area (Å²) in [6.45, 7) is 5.40. The SMILES string of the molecule is CCCOc1nc(Cc2nccs2)nc(NCC)n1. The van der Waals surface area contributed by atoms with E-state index in [1.54, 1.807) is 17.5 Å². The molecule has 0 atom stereocenters. The molecule has 6 nitrogen and oxygen atoms in total. The van der Waals surface area contributed by atoms with Crippen molar-refractivity contribution >= 4 is 17.3 Å². The molecule has 7 heteroatoms. The molecule has 2 aromatic rings. The molecule has 0 unspecified atom stereocenters. The van der Waals surface area contributed by atoms with E-state index < -0.39 is 0 Å². The molecule has 19 heavy (non-hydrogen) atoms. The summed E-state index contributed by atoms with van der Waals surface area (Å²) in [4.78, 5) is 17.1. The molecule has 0 amide bonds. The van der Waals surface area contributed by atoms with E-state index in [0.717, 1.165) is 18.0 Å². The molecular formula is C12H17N5OS. The van der Waals surface area contributed by atoms with Crippen LogP contribution in [-0.2, 0) is 6.42 Å². The highest BCUT2D eigenvalue weighted by molar-refractivity contribution is 7.09. The second kappa shape index (κ2) is 6.98. The van der Waals surface area contributed by atoms with E-state index in [0.29, 0.717) is 30.8 Å². The second-order valence-electron chi connectivity index (χ2n) is 3.84. The number of aromatic nitrogens is 4. The van der Waals surface area contributed by atoms with E-state index in [4.69, 9.17) is 4.74 Å². The number of rotatable bonds is 7. The van der Waals surface area contributed by atoms with Crippen LogP contribution in [0.25, 0.3) is 0 Å². The molecule has 0 aromatic carbocycles. The van der Waals surface area contributed by atoms with Crippen molar-refractivity contribution in [3.63, 3.8) is 0 Å². The maximum absolute atomic E-state index is 5.48. The quantitative estimate of drug-likeness (QED) is 0.837. The third-order valence-electron chi connectivity index (χ3n) is 2.22. The summed E-state index contributed by atoms with van der Waals surface area (Å²) in [6, 6.07) is 0.374. The van der Waals surface area contributed by atoms with Crippen molar-refractivity contribution in [1.29, 1.82) is 0 Å². The highest BCUT2D eigenvalue weighted by Crippen LogP contribution is 2.13. The maximum Gasteiger partial charge on any atom is 0.321 e. The van der Waals surface area contributed by atoms with Gasteiger partial charge in [0, 0.05) is 18.1 Å². The van der Waals surface area contributed by atoms with Crippen LogP contribution < -0.4 is 10.1 Å². The summed E-state index contributed by atoms with van der Waals surface area (Å²) in [7, 11) is 0. The van der Waals surface area contributed by atoms with Crippen LogP contribution >= 0.6 is 11.3 Å². The van der Waals surface area contributed by atoms with Crippen LogP contribution in [0.5, 0.6) is 6.01 Å². The van der Waals surface area contributed by atoms with E-state index in [9.17, 15) is 0 Å². The standard InChI is InChI=1S/C12H17N5OS/c1-3-6-18-12-16-9(8-10-14-5-7-19-10)15-11(17-12)13-4-2/h5,7H,3-4,6,8H2,1-2H3,(H,13,15,16,17). The van der Waals surface area contributed by atoms with Crippen LogP contribution in [0.4, 0.5) is 5.95 Å². The Hall–Kier alpha value is -1.76. The van der Waals surface area contributed by atoms with Crippen molar-refractivity contribution in [2.75, 3.05) is 18.5 Å². The zero-order valence-electron chi connectivity index (χ0n) is 11.1. The molecule has 0 aliphatic carbocycles. The number of hydrogen-bond acceptors (Lipinski definition) is 7. The lowest BCUT2D eigenvalue weighted by atomic mass is 10.4. The Morgan fingerprint density at radius 3 is 2.84 bits per heavy atom. The molecule has 0 radical (unpaired) electrons. The van der Waals surface area contributed by atoms with Gasteiger partial charge in [-0.3, -0.25) is 0 Å². The third kappa shape index (κ3) is 4.13. The molecule has 102 valence electrons. The zero-order chi connectivity index (χ0) is 13.5.